The quantitative estimate of drug-likeness (QED) is 0.586. The third-order valence-electron chi connectivity index (χ3n) is 1.42. The molecule has 0 bridgehead atoms. The summed E-state index contributed by atoms with van der Waals surface area (Å²) in [5, 5.41) is 0. The van der Waals surface area contributed by atoms with Gasteiger partial charge in [0.15, 0.2) is 0 Å². The van der Waals surface area contributed by atoms with Gasteiger partial charge in [0.05, 0.1) is 6.26 Å². The molecule has 2 aliphatic rings. The lowest BCUT2D eigenvalue weighted by molar-refractivity contribution is 0.542. The molecule has 0 radical (unpaired) electrons. The number of hydrogen-bond acceptors (Lipinski definition) is 4. The minimum absolute atomic E-state index is 0.0613. The molecule has 1 N–H and O–H groups in total. The highest BCUT2D eigenvalue weighted by atomic mass is 16.3. The van der Waals surface area contributed by atoms with Crippen molar-refractivity contribution in [3.8, 4) is 11.5 Å². The van der Waals surface area contributed by atoms with Crippen molar-refractivity contribution < 1.29 is 4.42 Å². The van der Waals surface area contributed by atoms with Gasteiger partial charge in [0.1, 0.15) is 5.56 Å². The van der Waals surface area contributed by atoms with Gasteiger partial charge in [0.2, 0.25) is 5.89 Å². The summed E-state index contributed by atoms with van der Waals surface area (Å²) in [5.74, 6) is 0.0613. The van der Waals surface area contributed by atoms with Crippen molar-refractivity contribution in [3.63, 3.8) is 0 Å². The summed E-state index contributed by atoms with van der Waals surface area (Å²) in [7, 11) is 0. The van der Waals surface area contributed by atoms with E-state index in [1.54, 1.807) is 6.07 Å². The third-order valence-corrected chi connectivity index (χ3v) is 1.42. The van der Waals surface area contributed by atoms with Crippen molar-refractivity contribution in [3.05, 3.63) is 39.2 Å². The number of H-pyrrole nitrogens is 1. The molecule has 0 saturated carbocycles. The largest absolute Gasteiger partial charge is 0.446 e. The van der Waals surface area contributed by atoms with Gasteiger partial charge in [-0.1, -0.05) is 0 Å². The number of nitrogens with zero attached hydrogens (tertiary/aromatic N) is 1. The SMILES string of the molecule is O=c1nc2occcc-2c(=O)[nH]1. The summed E-state index contributed by atoms with van der Waals surface area (Å²) in [6, 6.07) is 3.09. The standard InChI is InChI=1S/C7H4N2O3/c10-5-4-2-1-3-12-6(4)9-7(11)8-5/h1-3H,(H,8,10,11). The van der Waals surface area contributed by atoms with E-state index in [-0.39, 0.29) is 11.5 Å². The van der Waals surface area contributed by atoms with Crippen LogP contribution >= 0.6 is 0 Å². The van der Waals surface area contributed by atoms with Gasteiger partial charge in [-0.3, -0.25) is 9.78 Å². The van der Waals surface area contributed by atoms with E-state index in [4.69, 9.17) is 4.42 Å². The van der Waals surface area contributed by atoms with Crippen LogP contribution in [0.4, 0.5) is 0 Å². The Hall–Kier alpha value is -1.91. The van der Waals surface area contributed by atoms with Gasteiger partial charge >= 0.3 is 5.69 Å². The molecule has 5 heteroatoms. The van der Waals surface area contributed by atoms with Gasteiger partial charge in [-0.15, -0.1) is 0 Å². The average molecular weight is 164 g/mol. The normalized spacial score (nSPS) is 10.3. The first-order valence-corrected chi connectivity index (χ1v) is 3.25. The highest BCUT2D eigenvalue weighted by Crippen LogP contribution is 2.09. The first-order valence-electron chi connectivity index (χ1n) is 3.25. The maximum atomic E-state index is 11.0. The number of aromatic amines is 1. The fourth-order valence-corrected chi connectivity index (χ4v) is 0.918. The minimum Gasteiger partial charge on any atom is -0.446 e. The van der Waals surface area contributed by atoms with E-state index >= 15 is 0 Å². The summed E-state index contributed by atoms with van der Waals surface area (Å²) in [6.07, 6.45) is 1.36. The Morgan fingerprint density at radius 1 is 1.42 bits per heavy atom. The molecule has 0 aromatic carbocycles. The predicted octanol–water partition coefficient (Wildman–Crippen LogP) is -0.172. The lowest BCUT2D eigenvalue weighted by atomic mass is 10.3. The van der Waals surface area contributed by atoms with E-state index in [9.17, 15) is 9.59 Å². The van der Waals surface area contributed by atoms with E-state index in [0.29, 0.717) is 0 Å². The molecular formula is C7H4N2O3. The van der Waals surface area contributed by atoms with Gasteiger partial charge in [0, 0.05) is 0 Å². The first-order chi connectivity index (χ1) is 5.77. The Labute approximate surface area is 66.0 Å². The van der Waals surface area contributed by atoms with Crippen LogP contribution < -0.4 is 11.2 Å². The highest BCUT2D eigenvalue weighted by Gasteiger charge is 2.09. The van der Waals surface area contributed by atoms with Crippen molar-refractivity contribution in [2.75, 3.05) is 0 Å². The fraction of sp³-hybridized carbons (Fsp3) is 0. The molecule has 0 spiro atoms. The number of fused-ring (bicyclic) bond motifs is 1. The van der Waals surface area contributed by atoms with Crippen molar-refractivity contribution in [1.29, 1.82) is 0 Å². The molecule has 0 aromatic heterocycles. The van der Waals surface area contributed by atoms with E-state index in [0.717, 1.165) is 0 Å². The van der Waals surface area contributed by atoms with Crippen LogP contribution in [0, 0.1) is 0 Å². The van der Waals surface area contributed by atoms with Crippen LogP contribution in [0.15, 0.2) is 32.4 Å². The summed E-state index contributed by atoms with van der Waals surface area (Å²) in [6.45, 7) is 0. The van der Waals surface area contributed by atoms with Gasteiger partial charge in [-0.05, 0) is 12.1 Å². The zero-order valence-corrected chi connectivity index (χ0v) is 5.90. The molecule has 0 amide bonds. The molecule has 5 nitrogen and oxygen atoms in total. The summed E-state index contributed by atoms with van der Waals surface area (Å²) in [4.78, 5) is 27.2. The van der Waals surface area contributed by atoms with Gasteiger partial charge in [0.25, 0.3) is 5.56 Å². The topological polar surface area (TPSA) is 76.0 Å². The summed E-state index contributed by atoms with van der Waals surface area (Å²) in [5.41, 5.74) is -0.895. The molecule has 0 fully saturated rings. The van der Waals surface area contributed by atoms with E-state index in [2.05, 4.69) is 4.98 Å². The summed E-state index contributed by atoms with van der Waals surface area (Å²) < 4.78 is 4.84. The monoisotopic (exact) mass is 164 g/mol. The number of nitrogens with one attached hydrogen (secondary N) is 1. The molecular weight excluding hydrogens is 160 g/mol. The smallest absolute Gasteiger partial charge is 0.351 e. The molecule has 0 aliphatic carbocycles. The van der Waals surface area contributed by atoms with Crippen LogP contribution in [-0.2, 0) is 0 Å². The zero-order chi connectivity index (χ0) is 8.55. The van der Waals surface area contributed by atoms with E-state index in [1.165, 1.54) is 12.3 Å². The summed E-state index contributed by atoms with van der Waals surface area (Å²) >= 11 is 0. The predicted molar refractivity (Wildman–Crippen MR) is 40.0 cm³/mol. The van der Waals surface area contributed by atoms with Crippen molar-refractivity contribution >= 4 is 0 Å². The van der Waals surface area contributed by atoms with Gasteiger partial charge < -0.3 is 4.42 Å². The van der Waals surface area contributed by atoms with Crippen LogP contribution in [0.5, 0.6) is 0 Å². The Bertz CT molecular complexity index is 485. The second kappa shape index (κ2) is 2.30. The lowest BCUT2D eigenvalue weighted by Crippen LogP contribution is -2.24. The van der Waals surface area contributed by atoms with Crippen molar-refractivity contribution in [2.24, 2.45) is 0 Å². The van der Waals surface area contributed by atoms with Gasteiger partial charge in [-0.25, -0.2) is 4.79 Å². The second-order valence-electron chi connectivity index (χ2n) is 2.20. The van der Waals surface area contributed by atoms with Gasteiger partial charge in [-0.2, -0.15) is 4.98 Å². The van der Waals surface area contributed by atoms with Crippen LogP contribution in [0.2, 0.25) is 0 Å². The van der Waals surface area contributed by atoms with Crippen LogP contribution in [0.3, 0.4) is 0 Å². The molecule has 0 saturated heterocycles. The Morgan fingerprint density at radius 3 is 3.08 bits per heavy atom. The molecule has 0 atom stereocenters. The number of rotatable bonds is 0. The van der Waals surface area contributed by atoms with E-state index < -0.39 is 11.2 Å². The van der Waals surface area contributed by atoms with Crippen molar-refractivity contribution in [2.45, 2.75) is 0 Å². The maximum Gasteiger partial charge on any atom is 0.351 e. The van der Waals surface area contributed by atoms with Crippen LogP contribution in [0.25, 0.3) is 11.5 Å². The minimum atomic E-state index is -0.692. The van der Waals surface area contributed by atoms with Crippen molar-refractivity contribution in [1.82, 2.24) is 9.97 Å². The van der Waals surface area contributed by atoms with Crippen LogP contribution in [-0.4, -0.2) is 9.97 Å². The molecule has 12 heavy (non-hydrogen) atoms. The molecule has 60 valence electrons. The first kappa shape index (κ1) is 6.78. The molecule has 2 heterocycles. The Morgan fingerprint density at radius 2 is 2.25 bits per heavy atom. The second-order valence-corrected chi connectivity index (χ2v) is 2.20. The lowest BCUT2D eigenvalue weighted by Gasteiger charge is -1.96. The van der Waals surface area contributed by atoms with Crippen LogP contribution in [0.1, 0.15) is 0 Å². The number of aromatic nitrogens is 2. The molecule has 0 aromatic rings. The number of hydrogen-bond donors (Lipinski definition) is 1. The Kier molecular flexibility index (Phi) is 1.30. The zero-order valence-electron chi connectivity index (χ0n) is 5.90. The molecule has 2 rings (SSSR count). The molecule has 0 unspecified atom stereocenters. The average Bonchev–Trinajstić information content (AvgIpc) is 2.04. The third kappa shape index (κ3) is 0.914. The van der Waals surface area contributed by atoms with E-state index in [1.807, 2.05) is 4.98 Å². The Balaban J connectivity index is 2.99. The molecule has 2 aliphatic heterocycles. The fourth-order valence-electron chi connectivity index (χ4n) is 0.918. The highest BCUT2D eigenvalue weighted by molar-refractivity contribution is 5.50. The maximum absolute atomic E-state index is 11.0.